The molecule has 27 heteroatoms. The number of carbonyl (C=O) groups is 10. The molecule has 0 rings (SSSR count). The van der Waals surface area contributed by atoms with E-state index in [-0.39, 0.29) is 31.8 Å². The molecule has 0 radical (unpaired) electrons. The van der Waals surface area contributed by atoms with Crippen molar-refractivity contribution in [3.05, 3.63) is 0 Å². The van der Waals surface area contributed by atoms with E-state index >= 15 is 0 Å². The summed E-state index contributed by atoms with van der Waals surface area (Å²) >= 11 is 0. The van der Waals surface area contributed by atoms with Crippen molar-refractivity contribution in [3.63, 3.8) is 0 Å². The molecule has 0 aromatic heterocycles. The number of carbonyl (C=O) groups excluding carboxylic acids is 8. The number of aliphatic hydroxyl groups is 2. The molecule has 0 fully saturated rings. The largest absolute Gasteiger partial charge is 0.481 e. The highest BCUT2D eigenvalue weighted by molar-refractivity contribution is 5.98. The monoisotopic (exact) mass is 946 g/mol. The number of hydrogen-bond donors (Lipinski definition) is 16. The van der Waals surface area contributed by atoms with Gasteiger partial charge in [0.15, 0.2) is 5.96 Å². The van der Waals surface area contributed by atoms with Crippen molar-refractivity contribution in [1.82, 2.24) is 37.2 Å². The predicted molar refractivity (Wildman–Crippen MR) is 236 cm³/mol. The first kappa shape index (κ1) is 59.8. The Morgan fingerprint density at radius 3 is 1.58 bits per heavy atom. The molecule has 0 saturated carbocycles. The lowest BCUT2D eigenvalue weighted by molar-refractivity contribution is -0.143. The van der Waals surface area contributed by atoms with Crippen molar-refractivity contribution in [2.45, 2.75) is 147 Å². The number of guanidine groups is 1. The topological polar surface area (TPSA) is 478 Å². The zero-order valence-corrected chi connectivity index (χ0v) is 38.0. The number of hydrogen-bond acceptors (Lipinski definition) is 15. The number of aliphatic carboxylic acids is 2. The second-order valence-corrected chi connectivity index (χ2v) is 16.0. The van der Waals surface area contributed by atoms with Crippen molar-refractivity contribution in [3.8, 4) is 0 Å². The Hall–Kier alpha value is -6.19. The molecule has 0 unspecified atom stereocenters. The van der Waals surface area contributed by atoms with Gasteiger partial charge in [0.1, 0.15) is 42.3 Å². The molecule has 21 N–H and O–H groups in total. The minimum Gasteiger partial charge on any atom is -0.481 e. The molecule has 10 atom stereocenters. The highest BCUT2D eigenvalue weighted by Crippen LogP contribution is 2.13. The van der Waals surface area contributed by atoms with Crippen molar-refractivity contribution in [2.75, 3.05) is 19.7 Å². The van der Waals surface area contributed by atoms with Crippen molar-refractivity contribution < 1.29 is 68.4 Å². The number of aliphatic imine (C=N–C) groups is 1. The summed E-state index contributed by atoms with van der Waals surface area (Å²) in [7, 11) is 0. The molecular weight excluding hydrogens is 875 g/mol. The average molecular weight is 946 g/mol. The maximum absolute atomic E-state index is 13.9. The molecule has 0 spiro atoms. The van der Waals surface area contributed by atoms with Gasteiger partial charge in [-0.25, -0.2) is 4.79 Å². The molecule has 0 aromatic carbocycles. The SMILES string of the molecule is CC[C@H](C)[C@H](NC(=O)[C@H](CCCN=C(N)N)NC(=O)[C@@H](N)CCCCN)C(=O)N[C@H](C(=O)N[C@H](C(=O)N[C@@H](CCC(=O)O)C(=O)N[C@@H](CC(N)=O)C(=O)N[C@@H](CO)C(=O)O)C(C)C)[C@@H](C)O. The molecule has 0 aromatic rings. The summed E-state index contributed by atoms with van der Waals surface area (Å²) in [5, 5.41) is 54.9. The van der Waals surface area contributed by atoms with Gasteiger partial charge in [-0.05, 0) is 57.4 Å². The molecule has 27 nitrogen and oxygen atoms in total. The molecule has 0 aliphatic rings. The van der Waals surface area contributed by atoms with Gasteiger partial charge in [-0.3, -0.25) is 48.1 Å². The maximum Gasteiger partial charge on any atom is 0.328 e. The predicted octanol–water partition coefficient (Wildman–Crippen LogP) is -6.21. The highest BCUT2D eigenvalue weighted by atomic mass is 16.4. The number of rotatable bonds is 33. The van der Waals surface area contributed by atoms with Gasteiger partial charge in [0, 0.05) is 13.0 Å². The van der Waals surface area contributed by atoms with E-state index in [0.717, 1.165) is 6.92 Å². The van der Waals surface area contributed by atoms with Gasteiger partial charge in [0.25, 0.3) is 0 Å². The van der Waals surface area contributed by atoms with Crippen molar-refractivity contribution in [2.24, 2.45) is 45.5 Å². The Morgan fingerprint density at radius 1 is 0.591 bits per heavy atom. The van der Waals surface area contributed by atoms with Gasteiger partial charge in [-0.1, -0.05) is 40.5 Å². The van der Waals surface area contributed by atoms with E-state index in [4.69, 9.17) is 28.7 Å². The summed E-state index contributed by atoms with van der Waals surface area (Å²) < 4.78 is 0. The van der Waals surface area contributed by atoms with E-state index in [1.165, 1.54) is 13.8 Å². The smallest absolute Gasteiger partial charge is 0.328 e. The number of carboxylic acid groups (broad SMARTS) is 2. The van der Waals surface area contributed by atoms with E-state index in [0.29, 0.717) is 25.8 Å². The van der Waals surface area contributed by atoms with Crippen LogP contribution in [0.3, 0.4) is 0 Å². The number of nitrogens with two attached hydrogens (primary N) is 5. The zero-order chi connectivity index (χ0) is 50.8. The van der Waals surface area contributed by atoms with Gasteiger partial charge < -0.3 is 86.3 Å². The third-order valence-corrected chi connectivity index (χ3v) is 10.1. The van der Waals surface area contributed by atoms with Crippen LogP contribution in [0.25, 0.3) is 0 Å². The fourth-order valence-corrected chi connectivity index (χ4v) is 6.01. The van der Waals surface area contributed by atoms with E-state index < -0.39 is 151 Å². The number of unbranched alkanes of at least 4 members (excludes halogenated alkanes) is 1. The lowest BCUT2D eigenvalue weighted by atomic mass is 9.96. The fraction of sp³-hybridized carbons (Fsp3) is 0.718. The molecule has 376 valence electrons. The Bertz CT molecular complexity index is 1700. The first-order chi connectivity index (χ1) is 30.8. The lowest BCUT2D eigenvalue weighted by Gasteiger charge is -2.31. The molecule has 0 heterocycles. The number of carboxylic acids is 2. The van der Waals surface area contributed by atoms with Gasteiger partial charge in [-0.2, -0.15) is 0 Å². The number of nitrogens with one attached hydrogen (secondary N) is 7. The normalized spacial score (nSPS) is 15.6. The second kappa shape index (κ2) is 30.9. The first-order valence-electron chi connectivity index (χ1n) is 21.5. The third kappa shape index (κ3) is 22.6. The van der Waals surface area contributed by atoms with Crippen LogP contribution in [-0.2, 0) is 47.9 Å². The summed E-state index contributed by atoms with van der Waals surface area (Å²) in [5.41, 5.74) is 27.6. The maximum atomic E-state index is 13.9. The lowest BCUT2D eigenvalue weighted by Crippen LogP contribution is -2.63. The molecule has 0 aliphatic carbocycles. The highest BCUT2D eigenvalue weighted by Gasteiger charge is 2.37. The van der Waals surface area contributed by atoms with E-state index in [2.05, 4.69) is 36.9 Å². The van der Waals surface area contributed by atoms with E-state index in [1.807, 2.05) is 5.32 Å². The van der Waals surface area contributed by atoms with Crippen LogP contribution in [0.4, 0.5) is 0 Å². The van der Waals surface area contributed by atoms with Gasteiger partial charge >= 0.3 is 11.9 Å². The van der Waals surface area contributed by atoms with Gasteiger partial charge in [-0.15, -0.1) is 0 Å². The summed E-state index contributed by atoms with van der Waals surface area (Å²) in [6.45, 7) is 6.91. The summed E-state index contributed by atoms with van der Waals surface area (Å²) in [6, 6.07) is -12.3. The summed E-state index contributed by atoms with van der Waals surface area (Å²) in [4.78, 5) is 133. The van der Waals surface area contributed by atoms with Crippen LogP contribution in [-0.4, -0.2) is 160 Å². The Morgan fingerprint density at radius 2 is 1.08 bits per heavy atom. The molecule has 0 saturated heterocycles. The molecule has 66 heavy (non-hydrogen) atoms. The molecule has 8 amide bonds. The zero-order valence-electron chi connectivity index (χ0n) is 38.0. The summed E-state index contributed by atoms with van der Waals surface area (Å²) in [5.74, 6) is -12.7. The minimum atomic E-state index is -1.84. The van der Waals surface area contributed by atoms with Crippen LogP contribution in [0.5, 0.6) is 0 Å². The van der Waals surface area contributed by atoms with Crippen LogP contribution in [0.2, 0.25) is 0 Å². The standard InChI is InChI=1S/C39H71N13O14/c1-6-19(4)29(51-33(60)22(11-9-15-45-39(43)44)46-31(58)21(41)10-7-8-14-40)36(63)52-30(20(5)54)37(64)50-28(18(2)3)35(62)47-23(12-13-27(56)57)32(59)48-24(16-26(42)55)34(61)49-25(17-53)38(65)66/h18-25,28-30,53-54H,6-17,40-41H2,1-5H3,(H2,42,55)(H,46,58)(H,47,62)(H,48,59)(H,49,61)(H,50,64)(H,51,60)(H,52,63)(H,56,57)(H,65,66)(H4,43,44,45)/t19-,20+,21-,22-,23-,24-,25-,28-,29-,30-/m0/s1. The van der Waals surface area contributed by atoms with Crippen molar-refractivity contribution in [1.29, 1.82) is 0 Å². The van der Waals surface area contributed by atoms with Gasteiger partial charge in [0.05, 0.1) is 25.2 Å². The van der Waals surface area contributed by atoms with E-state index in [9.17, 15) is 68.4 Å². The van der Waals surface area contributed by atoms with Gasteiger partial charge in [0.2, 0.25) is 47.3 Å². The van der Waals surface area contributed by atoms with Crippen LogP contribution < -0.4 is 65.9 Å². The fourth-order valence-electron chi connectivity index (χ4n) is 6.01. The number of nitrogens with zero attached hydrogens (tertiary/aromatic N) is 1. The van der Waals surface area contributed by atoms with Crippen LogP contribution in [0.15, 0.2) is 4.99 Å². The molecule has 0 bridgehead atoms. The number of primary amides is 1. The Balaban J connectivity index is 6.47. The molecular formula is C39H71N13O14. The second-order valence-electron chi connectivity index (χ2n) is 16.0. The van der Waals surface area contributed by atoms with Crippen molar-refractivity contribution >= 4 is 65.2 Å². The van der Waals surface area contributed by atoms with E-state index in [1.54, 1.807) is 13.8 Å². The van der Waals surface area contributed by atoms with Crippen LogP contribution in [0.1, 0.15) is 92.4 Å². The minimum absolute atomic E-state index is 0.0238. The summed E-state index contributed by atoms with van der Waals surface area (Å²) in [6.07, 6.45) is -1.76. The number of aliphatic hydroxyl groups excluding tert-OH is 2. The Labute approximate surface area is 382 Å². The van der Waals surface area contributed by atoms with Crippen LogP contribution in [0, 0.1) is 11.8 Å². The average Bonchev–Trinajstić information content (AvgIpc) is 3.23. The van der Waals surface area contributed by atoms with Crippen LogP contribution >= 0.6 is 0 Å². The third-order valence-electron chi connectivity index (χ3n) is 10.1. The first-order valence-corrected chi connectivity index (χ1v) is 21.5. The molecule has 0 aliphatic heterocycles. The quantitative estimate of drug-likeness (QED) is 0.0165. The number of amides is 8. The Kier molecular flexibility index (Phi) is 28.0.